The van der Waals surface area contributed by atoms with Crippen molar-refractivity contribution in [2.75, 3.05) is 20.2 Å². The van der Waals surface area contributed by atoms with Gasteiger partial charge in [0.2, 0.25) is 5.88 Å². The number of hydrogen-bond donors (Lipinski definition) is 1. The quantitative estimate of drug-likeness (QED) is 0.699. The third-order valence-corrected chi connectivity index (χ3v) is 2.03. The molecule has 0 atom stereocenters. The van der Waals surface area contributed by atoms with Crippen LogP contribution in [0.15, 0.2) is 18.3 Å². The van der Waals surface area contributed by atoms with Crippen LogP contribution in [0.3, 0.4) is 0 Å². The Balaban J connectivity index is 2.29. The zero-order chi connectivity index (χ0) is 10.2. The van der Waals surface area contributed by atoms with Gasteiger partial charge in [-0.25, -0.2) is 4.98 Å². The van der Waals surface area contributed by atoms with Crippen LogP contribution < -0.4 is 10.1 Å². The second kappa shape index (κ2) is 6.38. The molecule has 0 bridgehead atoms. The van der Waals surface area contributed by atoms with E-state index < -0.39 is 0 Å². The first-order valence-electron chi connectivity index (χ1n) is 5.09. The smallest absolute Gasteiger partial charge is 0.213 e. The molecule has 78 valence electrons. The zero-order valence-corrected chi connectivity index (χ0v) is 8.92. The van der Waals surface area contributed by atoms with Crippen LogP contribution in [-0.2, 0) is 6.42 Å². The highest BCUT2D eigenvalue weighted by Crippen LogP contribution is 2.07. The van der Waals surface area contributed by atoms with Crippen molar-refractivity contribution in [3.05, 3.63) is 23.9 Å². The van der Waals surface area contributed by atoms with Gasteiger partial charge in [0, 0.05) is 12.3 Å². The molecule has 14 heavy (non-hydrogen) atoms. The van der Waals surface area contributed by atoms with E-state index in [1.54, 1.807) is 0 Å². The number of nitrogens with zero attached hydrogens (tertiary/aromatic N) is 1. The Labute approximate surface area is 85.5 Å². The van der Waals surface area contributed by atoms with Crippen molar-refractivity contribution in [3.63, 3.8) is 0 Å². The molecule has 1 rings (SSSR count). The summed E-state index contributed by atoms with van der Waals surface area (Å²) >= 11 is 0. The summed E-state index contributed by atoms with van der Waals surface area (Å²) in [6, 6.07) is 3.98. The molecule has 3 nitrogen and oxygen atoms in total. The minimum Gasteiger partial charge on any atom is -0.478 e. The lowest BCUT2D eigenvalue weighted by Gasteiger charge is -2.04. The molecule has 1 aromatic rings. The molecule has 0 radical (unpaired) electrons. The molecule has 1 heterocycles. The highest BCUT2D eigenvalue weighted by molar-refractivity contribution is 5.17. The molecule has 1 aromatic heterocycles. The van der Waals surface area contributed by atoms with Crippen LogP contribution >= 0.6 is 0 Å². The topological polar surface area (TPSA) is 34.1 Å². The number of rotatable bonds is 6. The van der Waals surface area contributed by atoms with Gasteiger partial charge in [0.05, 0.1) is 6.61 Å². The Kier molecular flexibility index (Phi) is 5.00. The average molecular weight is 194 g/mol. The molecule has 0 unspecified atom stereocenters. The Morgan fingerprint density at radius 3 is 2.86 bits per heavy atom. The van der Waals surface area contributed by atoms with Gasteiger partial charge in [-0.1, -0.05) is 13.0 Å². The van der Waals surface area contributed by atoms with Crippen LogP contribution in [0.5, 0.6) is 5.88 Å². The SMILES string of the molecule is CCc1ccc(OCCCNC)nc1. The lowest BCUT2D eigenvalue weighted by molar-refractivity contribution is 0.298. The average Bonchev–Trinajstić information content (AvgIpc) is 2.25. The van der Waals surface area contributed by atoms with E-state index in [0.29, 0.717) is 0 Å². The summed E-state index contributed by atoms with van der Waals surface area (Å²) < 4.78 is 5.46. The monoisotopic (exact) mass is 194 g/mol. The van der Waals surface area contributed by atoms with E-state index in [0.717, 1.165) is 31.9 Å². The molecular weight excluding hydrogens is 176 g/mol. The van der Waals surface area contributed by atoms with Crippen molar-refractivity contribution in [1.82, 2.24) is 10.3 Å². The van der Waals surface area contributed by atoms with E-state index in [2.05, 4.69) is 23.3 Å². The molecule has 0 spiro atoms. The highest BCUT2D eigenvalue weighted by atomic mass is 16.5. The summed E-state index contributed by atoms with van der Waals surface area (Å²) in [5.74, 6) is 0.721. The van der Waals surface area contributed by atoms with Crippen LogP contribution in [-0.4, -0.2) is 25.2 Å². The van der Waals surface area contributed by atoms with Gasteiger partial charge in [-0.3, -0.25) is 0 Å². The number of ether oxygens (including phenoxy) is 1. The van der Waals surface area contributed by atoms with Crippen LogP contribution in [0.2, 0.25) is 0 Å². The normalized spacial score (nSPS) is 10.1. The third-order valence-electron chi connectivity index (χ3n) is 2.03. The van der Waals surface area contributed by atoms with Crippen molar-refractivity contribution < 1.29 is 4.74 Å². The largest absolute Gasteiger partial charge is 0.478 e. The standard InChI is InChI=1S/C11H18N2O/c1-3-10-5-6-11(13-9-10)14-8-4-7-12-2/h5-6,9,12H,3-4,7-8H2,1-2H3. The van der Waals surface area contributed by atoms with Crippen LogP contribution in [0.1, 0.15) is 18.9 Å². The molecule has 0 saturated carbocycles. The number of nitrogens with one attached hydrogen (secondary N) is 1. The maximum Gasteiger partial charge on any atom is 0.213 e. The van der Waals surface area contributed by atoms with Gasteiger partial charge in [0.15, 0.2) is 0 Å². The predicted octanol–water partition coefficient (Wildman–Crippen LogP) is 1.63. The van der Waals surface area contributed by atoms with E-state index in [4.69, 9.17) is 4.74 Å². The minimum atomic E-state index is 0.721. The van der Waals surface area contributed by atoms with Gasteiger partial charge >= 0.3 is 0 Å². The van der Waals surface area contributed by atoms with Gasteiger partial charge < -0.3 is 10.1 Å². The van der Waals surface area contributed by atoms with E-state index in [1.165, 1.54) is 5.56 Å². The van der Waals surface area contributed by atoms with Gasteiger partial charge in [0.25, 0.3) is 0 Å². The first-order valence-corrected chi connectivity index (χ1v) is 5.09. The van der Waals surface area contributed by atoms with E-state index in [-0.39, 0.29) is 0 Å². The van der Waals surface area contributed by atoms with Crippen molar-refractivity contribution in [3.8, 4) is 5.88 Å². The lowest BCUT2D eigenvalue weighted by atomic mass is 10.2. The Bertz CT molecular complexity index is 246. The maximum absolute atomic E-state index is 5.46. The van der Waals surface area contributed by atoms with Gasteiger partial charge in [-0.05, 0) is 32.0 Å². The van der Waals surface area contributed by atoms with Gasteiger partial charge in [-0.2, -0.15) is 0 Å². The molecular formula is C11H18N2O. The fraction of sp³-hybridized carbons (Fsp3) is 0.545. The molecule has 0 saturated heterocycles. The van der Waals surface area contributed by atoms with Crippen LogP contribution in [0.4, 0.5) is 0 Å². The Morgan fingerprint density at radius 2 is 2.29 bits per heavy atom. The third kappa shape index (κ3) is 3.75. The van der Waals surface area contributed by atoms with Crippen LogP contribution in [0.25, 0.3) is 0 Å². The molecule has 0 aliphatic heterocycles. The molecule has 0 aliphatic rings. The Morgan fingerprint density at radius 1 is 1.43 bits per heavy atom. The van der Waals surface area contributed by atoms with Crippen LogP contribution in [0, 0.1) is 0 Å². The predicted molar refractivity (Wildman–Crippen MR) is 57.7 cm³/mol. The van der Waals surface area contributed by atoms with Gasteiger partial charge in [-0.15, -0.1) is 0 Å². The summed E-state index contributed by atoms with van der Waals surface area (Å²) in [7, 11) is 1.94. The molecule has 1 N–H and O–H groups in total. The van der Waals surface area contributed by atoms with E-state index in [9.17, 15) is 0 Å². The second-order valence-corrected chi connectivity index (χ2v) is 3.16. The van der Waals surface area contributed by atoms with E-state index >= 15 is 0 Å². The molecule has 0 aliphatic carbocycles. The maximum atomic E-state index is 5.46. The van der Waals surface area contributed by atoms with Crippen molar-refractivity contribution in [2.45, 2.75) is 19.8 Å². The summed E-state index contributed by atoms with van der Waals surface area (Å²) in [5.41, 5.74) is 1.24. The zero-order valence-electron chi connectivity index (χ0n) is 8.92. The summed E-state index contributed by atoms with van der Waals surface area (Å²) in [5, 5.41) is 3.07. The number of pyridine rings is 1. The minimum absolute atomic E-state index is 0.721. The molecule has 0 fully saturated rings. The Hall–Kier alpha value is -1.09. The first kappa shape index (κ1) is 11.0. The fourth-order valence-electron chi connectivity index (χ4n) is 1.13. The second-order valence-electron chi connectivity index (χ2n) is 3.16. The molecule has 0 aromatic carbocycles. The summed E-state index contributed by atoms with van der Waals surface area (Å²) in [6.07, 6.45) is 3.90. The number of aryl methyl sites for hydroxylation is 1. The summed E-state index contributed by atoms with van der Waals surface area (Å²) in [6.45, 7) is 3.82. The molecule has 0 amide bonds. The number of aromatic nitrogens is 1. The van der Waals surface area contributed by atoms with E-state index in [1.807, 2.05) is 19.3 Å². The number of hydrogen-bond acceptors (Lipinski definition) is 3. The fourth-order valence-corrected chi connectivity index (χ4v) is 1.13. The summed E-state index contributed by atoms with van der Waals surface area (Å²) in [4.78, 5) is 4.20. The first-order chi connectivity index (χ1) is 6.86. The highest BCUT2D eigenvalue weighted by Gasteiger charge is 1.94. The van der Waals surface area contributed by atoms with Crippen molar-refractivity contribution in [2.24, 2.45) is 0 Å². The van der Waals surface area contributed by atoms with Crippen molar-refractivity contribution >= 4 is 0 Å². The molecule has 3 heteroatoms. The van der Waals surface area contributed by atoms with Gasteiger partial charge in [0.1, 0.15) is 0 Å². The lowest BCUT2D eigenvalue weighted by Crippen LogP contribution is -2.11. The van der Waals surface area contributed by atoms with Crippen molar-refractivity contribution in [1.29, 1.82) is 0 Å².